The summed E-state index contributed by atoms with van der Waals surface area (Å²) in [6.07, 6.45) is -3.46. The molecule has 214 valence electrons. The van der Waals surface area contributed by atoms with Gasteiger partial charge in [-0.15, -0.1) is 0 Å². The van der Waals surface area contributed by atoms with Gasteiger partial charge in [0.15, 0.2) is 0 Å². The minimum atomic E-state index is -5.08. The van der Waals surface area contributed by atoms with Crippen LogP contribution in [0, 0.1) is 5.41 Å². The smallest absolute Gasteiger partial charge is 0.475 e. The van der Waals surface area contributed by atoms with E-state index in [9.17, 15) is 18.0 Å². The molecule has 2 aliphatic heterocycles. The van der Waals surface area contributed by atoms with E-state index in [4.69, 9.17) is 15.6 Å². The number of halogens is 3. The summed E-state index contributed by atoms with van der Waals surface area (Å²) >= 11 is 0. The van der Waals surface area contributed by atoms with Crippen molar-refractivity contribution in [3.63, 3.8) is 0 Å². The fourth-order valence-electron chi connectivity index (χ4n) is 4.76. The molecule has 2 aromatic rings. The minimum absolute atomic E-state index is 0.101. The summed E-state index contributed by atoms with van der Waals surface area (Å²) in [5.41, 5.74) is 9.46. The minimum Gasteiger partial charge on any atom is -0.475 e. The molecule has 0 aliphatic carbocycles. The number of alkyl halides is 3. The molecule has 0 bridgehead atoms. The van der Waals surface area contributed by atoms with E-state index in [2.05, 4.69) is 69.0 Å². The molecular weight excluding hydrogens is 511 g/mol. The summed E-state index contributed by atoms with van der Waals surface area (Å²) in [4.78, 5) is 26.9. The Labute approximate surface area is 227 Å². The van der Waals surface area contributed by atoms with E-state index >= 15 is 0 Å². The van der Waals surface area contributed by atoms with Crippen molar-refractivity contribution in [3.8, 4) is 0 Å². The molecular formula is C28H38F3N5O3. The van der Waals surface area contributed by atoms with Gasteiger partial charge in [-0.25, -0.2) is 4.79 Å². The van der Waals surface area contributed by atoms with E-state index in [1.165, 1.54) is 11.1 Å². The second kappa shape index (κ2) is 14.4. The first-order chi connectivity index (χ1) is 18.6. The van der Waals surface area contributed by atoms with Crippen molar-refractivity contribution < 1.29 is 27.9 Å². The molecule has 0 atom stereocenters. The van der Waals surface area contributed by atoms with Crippen LogP contribution in [0.15, 0.2) is 54.6 Å². The molecule has 1 amide bonds. The predicted molar refractivity (Wildman–Crippen MR) is 143 cm³/mol. The van der Waals surface area contributed by atoms with Crippen molar-refractivity contribution in [1.82, 2.24) is 20.4 Å². The number of hydrogen-bond acceptors (Lipinski definition) is 6. The molecule has 2 fully saturated rings. The lowest BCUT2D eigenvalue weighted by Gasteiger charge is -2.40. The monoisotopic (exact) mass is 549 g/mol. The van der Waals surface area contributed by atoms with Crippen LogP contribution in [0.3, 0.4) is 0 Å². The second-order valence-electron chi connectivity index (χ2n) is 10.1. The number of piperidine rings is 1. The van der Waals surface area contributed by atoms with Crippen LogP contribution in [0.2, 0.25) is 0 Å². The fraction of sp³-hybridized carbons (Fsp3) is 0.500. The standard InChI is InChI=1S/C26H37N5O.C2HF3O2/c27-21-26(10-14-30(15-11-26)19-23-4-2-1-3-5-23)25(32)29-18-22-6-8-24(9-7-22)20-31-16-12-28-13-17-31;3-2(4,5)1(6)7/h1-9,28H,10-21,27H2,(H,29,32);(H,6,7). The van der Waals surface area contributed by atoms with Crippen molar-refractivity contribution in [2.24, 2.45) is 11.1 Å². The van der Waals surface area contributed by atoms with Gasteiger partial charge in [-0.2, -0.15) is 13.2 Å². The summed E-state index contributed by atoms with van der Waals surface area (Å²) in [6.45, 7) is 9.02. The largest absolute Gasteiger partial charge is 0.490 e. The molecule has 0 unspecified atom stereocenters. The highest BCUT2D eigenvalue weighted by Gasteiger charge is 2.40. The predicted octanol–water partition coefficient (Wildman–Crippen LogP) is 2.58. The van der Waals surface area contributed by atoms with Crippen molar-refractivity contribution in [2.45, 2.75) is 38.7 Å². The van der Waals surface area contributed by atoms with E-state index < -0.39 is 17.6 Å². The van der Waals surface area contributed by atoms with E-state index in [1.807, 2.05) is 6.07 Å². The normalized spacial score (nSPS) is 18.1. The molecule has 2 aromatic carbocycles. The fourth-order valence-corrected chi connectivity index (χ4v) is 4.76. The summed E-state index contributed by atoms with van der Waals surface area (Å²) in [5.74, 6) is -2.66. The molecule has 0 spiro atoms. The number of nitrogens with zero attached hydrogens (tertiary/aromatic N) is 2. The number of hydrogen-bond donors (Lipinski definition) is 4. The molecule has 0 saturated carbocycles. The molecule has 0 radical (unpaired) electrons. The first kappa shape index (κ1) is 30.6. The van der Waals surface area contributed by atoms with Crippen LogP contribution in [0.5, 0.6) is 0 Å². The molecule has 8 nitrogen and oxygen atoms in total. The number of carbonyl (C=O) groups excluding carboxylic acids is 1. The number of carbonyl (C=O) groups is 2. The molecule has 39 heavy (non-hydrogen) atoms. The number of nitrogens with two attached hydrogens (primary N) is 1. The molecule has 2 heterocycles. The number of piperazine rings is 1. The van der Waals surface area contributed by atoms with Crippen LogP contribution in [-0.2, 0) is 29.2 Å². The topological polar surface area (TPSA) is 111 Å². The molecule has 2 aliphatic rings. The van der Waals surface area contributed by atoms with E-state index in [0.29, 0.717) is 13.1 Å². The van der Waals surface area contributed by atoms with Gasteiger partial charge in [-0.3, -0.25) is 14.6 Å². The zero-order chi connectivity index (χ0) is 28.3. The Bertz CT molecular complexity index is 1040. The number of carboxylic acid groups (broad SMARTS) is 1. The Hall–Kier alpha value is -2.99. The van der Waals surface area contributed by atoms with E-state index in [1.54, 1.807) is 0 Å². The van der Waals surface area contributed by atoms with Gasteiger partial charge >= 0.3 is 12.1 Å². The van der Waals surface area contributed by atoms with Gasteiger partial charge in [-0.1, -0.05) is 54.6 Å². The SMILES string of the molecule is NCC1(C(=O)NCc2ccc(CN3CCNCC3)cc2)CCN(Cc2ccccc2)CC1.O=C(O)C(F)(F)F. The van der Waals surface area contributed by atoms with Crippen LogP contribution < -0.4 is 16.4 Å². The number of likely N-dealkylation sites (tertiary alicyclic amines) is 1. The number of nitrogens with one attached hydrogen (secondary N) is 2. The molecule has 11 heteroatoms. The number of benzene rings is 2. The highest BCUT2D eigenvalue weighted by molar-refractivity contribution is 5.83. The Morgan fingerprint density at radius 2 is 1.36 bits per heavy atom. The molecule has 0 aromatic heterocycles. The Morgan fingerprint density at radius 1 is 0.872 bits per heavy atom. The average Bonchev–Trinajstić information content (AvgIpc) is 2.94. The Kier molecular flexibility index (Phi) is 11.3. The first-order valence-corrected chi connectivity index (χ1v) is 13.2. The average molecular weight is 550 g/mol. The van der Waals surface area contributed by atoms with Gasteiger partial charge in [0.2, 0.25) is 5.91 Å². The quantitative estimate of drug-likeness (QED) is 0.401. The molecule has 2 saturated heterocycles. The lowest BCUT2D eigenvalue weighted by atomic mass is 9.77. The van der Waals surface area contributed by atoms with Crippen LogP contribution in [0.4, 0.5) is 13.2 Å². The molecule has 5 N–H and O–H groups in total. The van der Waals surface area contributed by atoms with Gasteiger partial charge in [0.25, 0.3) is 0 Å². The molecule has 4 rings (SSSR count). The van der Waals surface area contributed by atoms with Crippen LogP contribution in [0.25, 0.3) is 0 Å². The van der Waals surface area contributed by atoms with Crippen molar-refractivity contribution in [3.05, 3.63) is 71.3 Å². The van der Waals surface area contributed by atoms with Crippen LogP contribution in [-0.4, -0.2) is 78.8 Å². The van der Waals surface area contributed by atoms with Crippen LogP contribution >= 0.6 is 0 Å². The Morgan fingerprint density at radius 3 is 1.87 bits per heavy atom. The lowest BCUT2D eigenvalue weighted by molar-refractivity contribution is -0.192. The van der Waals surface area contributed by atoms with Gasteiger partial charge in [0, 0.05) is 52.4 Å². The third-order valence-electron chi connectivity index (χ3n) is 7.27. The van der Waals surface area contributed by atoms with Crippen molar-refractivity contribution in [2.75, 3.05) is 45.8 Å². The number of rotatable bonds is 8. The number of aliphatic carboxylic acids is 1. The highest BCUT2D eigenvalue weighted by atomic mass is 19.4. The highest BCUT2D eigenvalue weighted by Crippen LogP contribution is 2.31. The number of amides is 1. The second-order valence-corrected chi connectivity index (χ2v) is 10.1. The summed E-state index contributed by atoms with van der Waals surface area (Å²) in [6, 6.07) is 19.2. The lowest BCUT2D eigenvalue weighted by Crippen LogP contribution is -2.52. The first-order valence-electron chi connectivity index (χ1n) is 13.2. The summed E-state index contributed by atoms with van der Waals surface area (Å²) < 4.78 is 31.7. The maximum absolute atomic E-state index is 13.1. The zero-order valence-electron chi connectivity index (χ0n) is 22.1. The third-order valence-corrected chi connectivity index (χ3v) is 7.27. The van der Waals surface area contributed by atoms with Crippen molar-refractivity contribution >= 4 is 11.9 Å². The number of carboxylic acids is 1. The van der Waals surface area contributed by atoms with Gasteiger partial charge in [-0.05, 0) is 42.6 Å². The van der Waals surface area contributed by atoms with Crippen LogP contribution in [0.1, 0.15) is 29.5 Å². The van der Waals surface area contributed by atoms with Gasteiger partial charge in [0.1, 0.15) is 0 Å². The third kappa shape index (κ3) is 9.61. The van der Waals surface area contributed by atoms with E-state index in [0.717, 1.165) is 70.8 Å². The maximum atomic E-state index is 13.1. The van der Waals surface area contributed by atoms with Gasteiger partial charge in [0.05, 0.1) is 5.41 Å². The summed E-state index contributed by atoms with van der Waals surface area (Å²) in [7, 11) is 0. The van der Waals surface area contributed by atoms with E-state index in [-0.39, 0.29) is 5.91 Å². The summed E-state index contributed by atoms with van der Waals surface area (Å²) in [5, 5.41) is 13.7. The van der Waals surface area contributed by atoms with Crippen molar-refractivity contribution in [1.29, 1.82) is 0 Å². The zero-order valence-corrected chi connectivity index (χ0v) is 22.1. The van der Waals surface area contributed by atoms with Gasteiger partial charge < -0.3 is 21.5 Å². The maximum Gasteiger partial charge on any atom is 0.490 e. The Balaban J connectivity index is 0.000000532.